The zero-order valence-electron chi connectivity index (χ0n) is 13.5. The van der Waals surface area contributed by atoms with Gasteiger partial charge in [0.1, 0.15) is 0 Å². The van der Waals surface area contributed by atoms with Crippen molar-refractivity contribution in [3.63, 3.8) is 0 Å². The first kappa shape index (κ1) is 16.9. The monoisotopic (exact) mass is 305 g/mol. The minimum absolute atomic E-state index is 0.0221. The molecule has 2 atom stereocenters. The Labute approximate surface area is 133 Å². The maximum absolute atomic E-state index is 12.2. The van der Waals surface area contributed by atoms with Crippen LogP contribution in [-0.4, -0.2) is 57.2 Å². The van der Waals surface area contributed by atoms with Crippen LogP contribution in [0.5, 0.6) is 0 Å². The number of hydrogen-bond donors (Lipinski definition) is 2. The van der Waals surface area contributed by atoms with Crippen molar-refractivity contribution in [1.82, 2.24) is 15.5 Å². The molecule has 0 aromatic heterocycles. The van der Waals surface area contributed by atoms with E-state index in [0.717, 1.165) is 26.3 Å². The highest BCUT2D eigenvalue weighted by molar-refractivity contribution is 5.78. The number of amides is 1. The van der Waals surface area contributed by atoms with E-state index in [-0.39, 0.29) is 17.9 Å². The minimum Gasteiger partial charge on any atom is -0.379 e. The van der Waals surface area contributed by atoms with Gasteiger partial charge < -0.3 is 15.4 Å². The highest BCUT2D eigenvalue weighted by atomic mass is 16.5. The topological polar surface area (TPSA) is 53.6 Å². The number of morpholine rings is 1. The zero-order chi connectivity index (χ0) is 15.8. The van der Waals surface area contributed by atoms with Crippen LogP contribution >= 0.6 is 0 Å². The summed E-state index contributed by atoms with van der Waals surface area (Å²) in [4.78, 5) is 14.5. The second kappa shape index (κ2) is 8.88. The van der Waals surface area contributed by atoms with Gasteiger partial charge in [0, 0.05) is 32.1 Å². The molecule has 2 N–H and O–H groups in total. The third-order valence-electron chi connectivity index (χ3n) is 4.10. The number of carbonyl (C=O) groups excluding carboxylic acids is 1. The molecule has 1 aromatic carbocycles. The van der Waals surface area contributed by atoms with Crippen LogP contribution in [0.2, 0.25) is 0 Å². The molecular weight excluding hydrogens is 278 g/mol. The summed E-state index contributed by atoms with van der Waals surface area (Å²) in [5, 5.41) is 6.14. The number of carbonyl (C=O) groups is 1. The van der Waals surface area contributed by atoms with Crippen molar-refractivity contribution >= 4 is 5.91 Å². The first-order valence-corrected chi connectivity index (χ1v) is 8.01. The van der Waals surface area contributed by atoms with Crippen molar-refractivity contribution < 1.29 is 9.53 Å². The lowest BCUT2D eigenvalue weighted by Gasteiger charge is -2.35. The van der Waals surface area contributed by atoms with Crippen LogP contribution < -0.4 is 10.6 Å². The fraction of sp³-hybridized carbons (Fsp3) is 0.588. The normalized spacial score (nSPS) is 18.6. The zero-order valence-corrected chi connectivity index (χ0v) is 13.5. The Balaban J connectivity index is 2.00. The van der Waals surface area contributed by atoms with Crippen molar-refractivity contribution in [2.24, 2.45) is 5.92 Å². The second-order valence-corrected chi connectivity index (χ2v) is 5.78. The summed E-state index contributed by atoms with van der Waals surface area (Å²) in [5.74, 6) is 0.0784. The molecule has 5 heteroatoms. The smallest absolute Gasteiger partial charge is 0.224 e. The molecule has 0 bridgehead atoms. The van der Waals surface area contributed by atoms with Gasteiger partial charge in [-0.05, 0) is 12.6 Å². The van der Waals surface area contributed by atoms with Crippen molar-refractivity contribution in [3.8, 4) is 0 Å². The van der Waals surface area contributed by atoms with Gasteiger partial charge in [0.25, 0.3) is 0 Å². The molecule has 22 heavy (non-hydrogen) atoms. The highest BCUT2D eigenvalue weighted by Crippen LogP contribution is 2.21. The van der Waals surface area contributed by atoms with Crippen LogP contribution in [0, 0.1) is 5.92 Å². The molecule has 1 aliphatic heterocycles. The van der Waals surface area contributed by atoms with E-state index in [9.17, 15) is 4.79 Å². The molecule has 1 aliphatic rings. The first-order chi connectivity index (χ1) is 10.7. The van der Waals surface area contributed by atoms with E-state index in [1.807, 2.05) is 32.2 Å². The van der Waals surface area contributed by atoms with E-state index in [4.69, 9.17) is 4.74 Å². The molecule has 0 aliphatic carbocycles. The number of hydrogen-bond acceptors (Lipinski definition) is 4. The Kier molecular flexibility index (Phi) is 6.83. The average Bonchev–Trinajstić information content (AvgIpc) is 2.57. The molecule has 1 amide bonds. The Morgan fingerprint density at radius 1 is 1.23 bits per heavy atom. The third-order valence-corrected chi connectivity index (χ3v) is 4.10. The number of ether oxygens (including phenoxy) is 1. The lowest BCUT2D eigenvalue weighted by Crippen LogP contribution is -2.45. The van der Waals surface area contributed by atoms with Crippen molar-refractivity contribution in [2.45, 2.75) is 13.0 Å². The summed E-state index contributed by atoms with van der Waals surface area (Å²) in [7, 11) is 1.87. The lowest BCUT2D eigenvalue weighted by molar-refractivity contribution is -0.124. The van der Waals surface area contributed by atoms with E-state index in [1.54, 1.807) is 0 Å². The minimum atomic E-state index is -0.0221. The maximum atomic E-state index is 12.2. The van der Waals surface area contributed by atoms with Crippen molar-refractivity contribution in [3.05, 3.63) is 35.9 Å². The van der Waals surface area contributed by atoms with Gasteiger partial charge in [-0.3, -0.25) is 9.69 Å². The molecule has 1 saturated heterocycles. The summed E-state index contributed by atoms with van der Waals surface area (Å²) >= 11 is 0. The van der Waals surface area contributed by atoms with E-state index >= 15 is 0 Å². The largest absolute Gasteiger partial charge is 0.379 e. The SMILES string of the molecule is CNCC(C)C(=O)NCC(c1ccccc1)N1CCOCC1. The standard InChI is InChI=1S/C17H27N3O2/c1-14(12-18-2)17(21)19-13-16(15-6-4-3-5-7-15)20-8-10-22-11-9-20/h3-7,14,16,18H,8-13H2,1-2H3,(H,19,21). The fourth-order valence-electron chi connectivity index (χ4n) is 2.79. The van der Waals surface area contributed by atoms with Crippen LogP contribution in [0.25, 0.3) is 0 Å². The summed E-state index contributed by atoms with van der Waals surface area (Å²) in [6.07, 6.45) is 0. The quantitative estimate of drug-likeness (QED) is 0.790. The van der Waals surface area contributed by atoms with Gasteiger partial charge in [-0.2, -0.15) is 0 Å². The fourth-order valence-corrected chi connectivity index (χ4v) is 2.79. The predicted octanol–water partition coefficient (Wildman–Crippen LogP) is 1.03. The van der Waals surface area contributed by atoms with Gasteiger partial charge in [-0.15, -0.1) is 0 Å². The van der Waals surface area contributed by atoms with Gasteiger partial charge in [-0.25, -0.2) is 0 Å². The van der Waals surface area contributed by atoms with E-state index in [0.29, 0.717) is 13.1 Å². The molecule has 2 unspecified atom stereocenters. The third kappa shape index (κ3) is 4.80. The molecule has 0 spiro atoms. The second-order valence-electron chi connectivity index (χ2n) is 5.78. The van der Waals surface area contributed by atoms with Gasteiger partial charge in [0.05, 0.1) is 19.3 Å². The summed E-state index contributed by atoms with van der Waals surface area (Å²) in [6, 6.07) is 10.6. The van der Waals surface area contributed by atoms with Crippen LogP contribution in [0.3, 0.4) is 0 Å². The van der Waals surface area contributed by atoms with E-state index in [2.05, 4.69) is 27.7 Å². The number of nitrogens with zero attached hydrogens (tertiary/aromatic N) is 1. The Bertz CT molecular complexity index is 446. The average molecular weight is 305 g/mol. The summed E-state index contributed by atoms with van der Waals surface area (Å²) < 4.78 is 5.44. The van der Waals surface area contributed by atoms with Gasteiger partial charge in [0.15, 0.2) is 0 Å². The summed E-state index contributed by atoms with van der Waals surface area (Å²) in [5.41, 5.74) is 1.24. The van der Waals surface area contributed by atoms with Crippen LogP contribution in [0.15, 0.2) is 30.3 Å². The first-order valence-electron chi connectivity index (χ1n) is 8.01. The van der Waals surface area contributed by atoms with Gasteiger partial charge in [0.2, 0.25) is 5.91 Å². The molecule has 122 valence electrons. The predicted molar refractivity (Wildman–Crippen MR) is 87.7 cm³/mol. The number of benzene rings is 1. The molecule has 0 radical (unpaired) electrons. The van der Waals surface area contributed by atoms with E-state index < -0.39 is 0 Å². The molecule has 1 heterocycles. The number of nitrogens with one attached hydrogen (secondary N) is 2. The summed E-state index contributed by atoms with van der Waals surface area (Å²) in [6.45, 7) is 6.60. The Morgan fingerprint density at radius 3 is 2.55 bits per heavy atom. The molecule has 0 saturated carbocycles. The van der Waals surface area contributed by atoms with Crippen molar-refractivity contribution in [2.75, 3.05) is 46.4 Å². The van der Waals surface area contributed by atoms with E-state index in [1.165, 1.54) is 5.56 Å². The van der Waals surface area contributed by atoms with Crippen LogP contribution in [0.1, 0.15) is 18.5 Å². The number of rotatable bonds is 7. The maximum Gasteiger partial charge on any atom is 0.224 e. The molecule has 2 rings (SSSR count). The molecule has 5 nitrogen and oxygen atoms in total. The molecular formula is C17H27N3O2. The highest BCUT2D eigenvalue weighted by Gasteiger charge is 2.23. The van der Waals surface area contributed by atoms with Crippen molar-refractivity contribution in [1.29, 1.82) is 0 Å². The Hall–Kier alpha value is -1.43. The lowest BCUT2D eigenvalue weighted by atomic mass is 10.0. The molecule has 1 fully saturated rings. The van der Waals surface area contributed by atoms with Gasteiger partial charge in [-0.1, -0.05) is 37.3 Å². The van der Waals surface area contributed by atoms with Gasteiger partial charge >= 0.3 is 0 Å². The Morgan fingerprint density at radius 2 is 1.91 bits per heavy atom. The molecule has 1 aromatic rings. The van der Waals surface area contributed by atoms with Crippen LogP contribution in [-0.2, 0) is 9.53 Å². The van der Waals surface area contributed by atoms with Crippen LogP contribution in [0.4, 0.5) is 0 Å².